The average molecular weight is 241 g/mol. The summed E-state index contributed by atoms with van der Waals surface area (Å²) in [4.78, 5) is 1.78. The maximum absolute atomic E-state index is 12.5. The summed E-state index contributed by atoms with van der Waals surface area (Å²) in [6.07, 6.45) is -3.26. The van der Waals surface area contributed by atoms with E-state index in [1.54, 1.807) is 4.90 Å². The van der Waals surface area contributed by atoms with Crippen LogP contribution in [0.4, 0.5) is 13.2 Å². The lowest BCUT2D eigenvalue weighted by molar-refractivity contribution is -0.187. The molecule has 0 spiro atoms. The van der Waals surface area contributed by atoms with Crippen molar-refractivity contribution in [3.05, 3.63) is 0 Å². The summed E-state index contributed by atoms with van der Waals surface area (Å²) in [6, 6.07) is 0. The number of halogens is 3. The first-order valence-corrected chi connectivity index (χ1v) is 5.51. The van der Waals surface area contributed by atoms with Crippen molar-refractivity contribution in [2.24, 2.45) is 5.92 Å². The molecular weight excluding hydrogens is 223 g/mol. The van der Waals surface area contributed by atoms with Crippen LogP contribution in [0.1, 0.15) is 12.8 Å². The molecule has 0 bridgehead atoms. The number of aliphatic hydroxyl groups is 1. The third-order valence-corrected chi connectivity index (χ3v) is 2.76. The van der Waals surface area contributed by atoms with Gasteiger partial charge in [0.05, 0.1) is 25.7 Å². The first-order valence-electron chi connectivity index (χ1n) is 5.51. The van der Waals surface area contributed by atoms with Crippen LogP contribution in [0, 0.1) is 5.92 Å². The molecule has 1 rings (SSSR count). The highest BCUT2D eigenvalue weighted by atomic mass is 19.4. The van der Waals surface area contributed by atoms with E-state index in [1.807, 2.05) is 0 Å². The quantitative estimate of drug-likeness (QED) is 0.736. The Labute approximate surface area is 93.2 Å². The number of nitrogens with zero attached hydrogens (tertiary/aromatic N) is 1. The van der Waals surface area contributed by atoms with Crippen LogP contribution in [-0.2, 0) is 4.74 Å². The van der Waals surface area contributed by atoms with Crippen molar-refractivity contribution >= 4 is 0 Å². The van der Waals surface area contributed by atoms with E-state index in [0.29, 0.717) is 26.1 Å². The van der Waals surface area contributed by atoms with Crippen LogP contribution in [-0.4, -0.2) is 55.6 Å². The Morgan fingerprint density at radius 3 is 2.69 bits per heavy atom. The van der Waals surface area contributed by atoms with Gasteiger partial charge in [-0.3, -0.25) is 0 Å². The summed E-state index contributed by atoms with van der Waals surface area (Å²) < 4.78 is 42.4. The van der Waals surface area contributed by atoms with Gasteiger partial charge in [0.2, 0.25) is 0 Å². The molecular formula is C10H18F3NO2. The molecule has 0 aromatic carbocycles. The molecule has 16 heavy (non-hydrogen) atoms. The second kappa shape index (κ2) is 6.42. The number of hydrogen-bond acceptors (Lipinski definition) is 3. The summed E-state index contributed by atoms with van der Waals surface area (Å²) in [5.74, 6) is -1.20. The van der Waals surface area contributed by atoms with Crippen LogP contribution < -0.4 is 0 Å². The lowest BCUT2D eigenvalue weighted by Gasteiger charge is -2.33. The van der Waals surface area contributed by atoms with Gasteiger partial charge in [0.25, 0.3) is 0 Å². The van der Waals surface area contributed by atoms with E-state index in [9.17, 15) is 13.2 Å². The standard InChI is InChI=1S/C10H18F3NO2/c11-10(12,13)9-2-1-3-14(8-9)4-6-16-7-5-15/h9,15H,1-8H2. The maximum atomic E-state index is 12.5. The van der Waals surface area contributed by atoms with E-state index < -0.39 is 12.1 Å². The number of piperidine rings is 1. The molecule has 0 radical (unpaired) electrons. The summed E-state index contributed by atoms with van der Waals surface area (Å²) in [5.41, 5.74) is 0. The van der Waals surface area contributed by atoms with Gasteiger partial charge in [-0.15, -0.1) is 0 Å². The number of likely N-dealkylation sites (tertiary alicyclic amines) is 1. The number of rotatable bonds is 5. The Bertz CT molecular complexity index is 199. The second-order valence-corrected chi connectivity index (χ2v) is 4.02. The molecule has 0 aliphatic carbocycles. The van der Waals surface area contributed by atoms with Crippen LogP contribution in [0.2, 0.25) is 0 Å². The summed E-state index contributed by atoms with van der Waals surface area (Å²) in [7, 11) is 0. The fourth-order valence-corrected chi connectivity index (χ4v) is 1.89. The van der Waals surface area contributed by atoms with E-state index in [0.717, 1.165) is 0 Å². The molecule has 96 valence electrons. The van der Waals surface area contributed by atoms with E-state index in [4.69, 9.17) is 9.84 Å². The van der Waals surface area contributed by atoms with E-state index in [2.05, 4.69) is 0 Å². The van der Waals surface area contributed by atoms with Gasteiger partial charge in [-0.2, -0.15) is 13.2 Å². The molecule has 1 N–H and O–H groups in total. The Hall–Kier alpha value is -0.330. The molecule has 0 aromatic rings. The molecule has 1 fully saturated rings. The van der Waals surface area contributed by atoms with Gasteiger partial charge >= 0.3 is 6.18 Å². The van der Waals surface area contributed by atoms with Crippen molar-refractivity contribution in [2.45, 2.75) is 19.0 Å². The lowest BCUT2D eigenvalue weighted by Crippen LogP contribution is -2.42. The van der Waals surface area contributed by atoms with Crippen molar-refractivity contribution in [1.29, 1.82) is 0 Å². The Morgan fingerprint density at radius 1 is 1.31 bits per heavy atom. The molecule has 1 aliphatic heterocycles. The summed E-state index contributed by atoms with van der Waals surface area (Å²) in [6.45, 7) is 1.86. The van der Waals surface area contributed by atoms with Gasteiger partial charge in [-0.25, -0.2) is 0 Å². The molecule has 1 atom stereocenters. The fraction of sp³-hybridized carbons (Fsp3) is 1.00. The fourth-order valence-electron chi connectivity index (χ4n) is 1.89. The van der Waals surface area contributed by atoms with Gasteiger partial charge in [0.1, 0.15) is 0 Å². The van der Waals surface area contributed by atoms with Gasteiger partial charge in [-0.05, 0) is 19.4 Å². The molecule has 3 nitrogen and oxygen atoms in total. The zero-order valence-corrected chi connectivity index (χ0v) is 9.17. The topological polar surface area (TPSA) is 32.7 Å². The van der Waals surface area contributed by atoms with Crippen molar-refractivity contribution in [3.8, 4) is 0 Å². The normalized spacial score (nSPS) is 23.6. The van der Waals surface area contributed by atoms with E-state index in [1.165, 1.54) is 0 Å². The van der Waals surface area contributed by atoms with Crippen molar-refractivity contribution in [1.82, 2.24) is 4.90 Å². The van der Waals surface area contributed by atoms with Crippen molar-refractivity contribution in [3.63, 3.8) is 0 Å². The minimum absolute atomic E-state index is 0.0504. The molecule has 6 heteroatoms. The van der Waals surface area contributed by atoms with E-state index >= 15 is 0 Å². The monoisotopic (exact) mass is 241 g/mol. The van der Waals surface area contributed by atoms with Gasteiger partial charge in [0.15, 0.2) is 0 Å². The lowest BCUT2D eigenvalue weighted by atomic mass is 9.98. The largest absolute Gasteiger partial charge is 0.394 e. The first-order chi connectivity index (χ1) is 7.54. The van der Waals surface area contributed by atoms with Crippen molar-refractivity contribution in [2.75, 3.05) is 39.5 Å². The molecule has 0 amide bonds. The summed E-state index contributed by atoms with van der Waals surface area (Å²) >= 11 is 0. The Balaban J connectivity index is 2.23. The third kappa shape index (κ3) is 4.67. The minimum atomic E-state index is -4.08. The molecule has 0 saturated carbocycles. The second-order valence-electron chi connectivity index (χ2n) is 4.02. The average Bonchev–Trinajstić information content (AvgIpc) is 2.24. The van der Waals surface area contributed by atoms with E-state index in [-0.39, 0.29) is 26.2 Å². The first kappa shape index (κ1) is 13.7. The predicted octanol–water partition coefficient (Wildman–Crippen LogP) is 1.27. The van der Waals surface area contributed by atoms with Crippen LogP contribution >= 0.6 is 0 Å². The smallest absolute Gasteiger partial charge is 0.393 e. The predicted molar refractivity (Wildman–Crippen MR) is 53.1 cm³/mol. The number of alkyl halides is 3. The molecule has 1 saturated heterocycles. The van der Waals surface area contributed by atoms with Crippen LogP contribution in [0.5, 0.6) is 0 Å². The highest BCUT2D eigenvalue weighted by molar-refractivity contribution is 4.77. The maximum Gasteiger partial charge on any atom is 0.393 e. The molecule has 1 aliphatic rings. The van der Waals surface area contributed by atoms with Crippen LogP contribution in [0.25, 0.3) is 0 Å². The number of aliphatic hydroxyl groups excluding tert-OH is 1. The van der Waals surface area contributed by atoms with Gasteiger partial charge < -0.3 is 14.7 Å². The highest BCUT2D eigenvalue weighted by Crippen LogP contribution is 2.32. The Kier molecular flexibility index (Phi) is 5.51. The SMILES string of the molecule is OCCOCCN1CCCC(C(F)(F)F)C1. The summed E-state index contributed by atoms with van der Waals surface area (Å²) in [5, 5.41) is 8.46. The highest BCUT2D eigenvalue weighted by Gasteiger charge is 2.41. The molecule has 1 unspecified atom stereocenters. The van der Waals surface area contributed by atoms with Crippen LogP contribution in [0.15, 0.2) is 0 Å². The zero-order chi connectivity index (χ0) is 12.0. The van der Waals surface area contributed by atoms with Crippen LogP contribution in [0.3, 0.4) is 0 Å². The number of hydrogen-bond donors (Lipinski definition) is 1. The Morgan fingerprint density at radius 2 is 2.06 bits per heavy atom. The molecule has 1 heterocycles. The van der Waals surface area contributed by atoms with Gasteiger partial charge in [0, 0.05) is 13.1 Å². The third-order valence-electron chi connectivity index (χ3n) is 2.76. The zero-order valence-electron chi connectivity index (χ0n) is 9.17. The van der Waals surface area contributed by atoms with Gasteiger partial charge in [-0.1, -0.05) is 0 Å². The minimum Gasteiger partial charge on any atom is -0.394 e. The molecule has 0 aromatic heterocycles. The van der Waals surface area contributed by atoms with Crippen molar-refractivity contribution < 1.29 is 23.0 Å². The number of ether oxygens (including phenoxy) is 1.